The van der Waals surface area contributed by atoms with Gasteiger partial charge in [0.15, 0.2) is 28.7 Å². The Balaban J connectivity index is 0.000000134. The Hall–Kier alpha value is -9.39. The van der Waals surface area contributed by atoms with Gasteiger partial charge in [0.05, 0.1) is 75.5 Å². The standard InChI is InChI=1S/C23H17BrCl2N2O4S.C20H11BrCl2FNO3S.C20H12BrClFNO3S.C17H14BrCl2NO4S.C17H12BrCl2NO3S/c1-27(2)23(30)17-6-4-3-5-16(17)20-10-13-9-15(25)7-8-19(13)28(20)33(31,32)21-12-14(24)11-18(26)22(21)29;21-13-9-16(23)20(26)19(10-13)29(27,28)25-17-5-4-14(22)6-12(17)8-18(25)11-2-1-3-15(24)7-11;21-14-10-16(22)20(25)19(11-14)28(26,27)24-17-7-6-15(23)8-13(17)9-18(24)12-4-2-1-3-5-12;1-17(2,23)15-6-9-5-11(19)3-4-13(9)21(15)26(24,25)14-8-10(18)7-12(20)16(14)22;18-11-7-13(20)17(22)16(8-11)25(23,24)21-14-4-3-12(19)5-10(14)6-15(21)9-1-2-9/h3-12,29H,1-2H3;1-10,26H;1-11,25H;3-8,22-23H,1-2H3;3-9,22H,1-2H2. The normalized spacial score (nSPS) is 12.5. The van der Waals surface area contributed by atoms with Crippen LogP contribution in [-0.2, 0) is 55.7 Å². The highest BCUT2D eigenvalue weighted by atomic mass is 79.9. The number of halogens is 16. The number of fused-ring (bicyclic) bond motifs is 5. The number of carbonyl (C=O) groups is 1. The molecule has 23 nitrogen and oxygen atoms in total. The molecule has 13 aromatic carbocycles. The molecule has 1 fully saturated rings. The van der Waals surface area contributed by atoms with Gasteiger partial charge in [-0.15, -0.1) is 0 Å². The first-order valence-corrected chi connectivity index (χ1v) is 55.4. The van der Waals surface area contributed by atoms with Crippen LogP contribution in [0.2, 0.25) is 45.2 Å². The molecule has 728 valence electrons. The summed E-state index contributed by atoms with van der Waals surface area (Å²) >= 11 is 70.3. The van der Waals surface area contributed by atoms with Crippen LogP contribution in [0.4, 0.5) is 8.78 Å². The molecule has 1 aliphatic rings. The van der Waals surface area contributed by atoms with Crippen LogP contribution in [0.25, 0.3) is 88.3 Å². The van der Waals surface area contributed by atoms with Gasteiger partial charge >= 0.3 is 0 Å². The molecule has 18 aromatic rings. The van der Waals surface area contributed by atoms with Gasteiger partial charge in [-0.25, -0.2) is 70.7 Å². The molecule has 6 N–H and O–H groups in total. The first-order valence-electron chi connectivity index (χ1n) is 40.8. The minimum absolute atomic E-state index is 0.0274. The molecule has 5 aromatic heterocycles. The Morgan fingerprint density at radius 2 is 0.645 bits per heavy atom. The van der Waals surface area contributed by atoms with E-state index in [4.69, 9.17) is 104 Å². The molecule has 0 aliphatic heterocycles. The summed E-state index contributed by atoms with van der Waals surface area (Å²) in [4.78, 5) is 12.5. The number of phenolic OH excluding ortho intramolecular Hbond substituents is 5. The number of benzene rings is 13. The predicted octanol–water partition coefficient (Wildman–Crippen LogP) is 28.7. The second-order valence-electron chi connectivity index (χ2n) is 32.2. The van der Waals surface area contributed by atoms with E-state index in [0.29, 0.717) is 120 Å². The fraction of sp³-hybridized carbons (Fsp3) is 0.0825. The molecule has 1 amide bonds. The van der Waals surface area contributed by atoms with Gasteiger partial charge in [0.2, 0.25) is 0 Å². The molecule has 0 unspecified atom stereocenters. The van der Waals surface area contributed by atoms with E-state index in [1.165, 1.54) is 120 Å². The van der Waals surface area contributed by atoms with E-state index in [1.807, 2.05) is 12.1 Å². The summed E-state index contributed by atoms with van der Waals surface area (Å²) in [5, 5.41) is 66.4. The van der Waals surface area contributed by atoms with Crippen molar-refractivity contribution in [1.29, 1.82) is 0 Å². The highest BCUT2D eigenvalue weighted by Crippen LogP contribution is 2.50. The quantitative estimate of drug-likeness (QED) is 0.0523. The van der Waals surface area contributed by atoms with Gasteiger partial charge < -0.3 is 35.5 Å². The number of nitrogens with zero attached hydrogens (tertiary/aromatic N) is 6. The number of hydrogen-bond acceptors (Lipinski definition) is 17. The SMILES string of the molecule is CC(C)(O)c1cc2cc(Cl)ccc2n1S(=O)(=O)c1cc(Br)cc(Cl)c1O.CN(C)C(=O)c1ccccc1-c1cc2cc(Cl)ccc2n1S(=O)(=O)c1cc(Br)cc(Cl)c1O.O=S(=O)(c1cc(Br)cc(Cl)c1O)n1c(-c2cccc(F)c2)cc2cc(Cl)ccc21.O=S(=O)(c1cc(Br)cc(Cl)c1O)n1c(-c2ccccc2)cc2cc(F)ccc21.O=S(=O)(c1cc(Br)cc(Cl)c1O)n1c(C2CC2)cc2cc(Cl)ccc21. The average Bonchev–Trinajstić information content (AvgIpc) is 1.56. The van der Waals surface area contributed by atoms with E-state index in [0.717, 1.165) is 34.1 Å². The first-order chi connectivity index (χ1) is 66.2. The Bertz CT molecular complexity index is 8840. The van der Waals surface area contributed by atoms with Crippen molar-refractivity contribution in [1.82, 2.24) is 24.8 Å². The third-order valence-electron chi connectivity index (χ3n) is 21.8. The number of rotatable bonds is 16. The Labute approximate surface area is 892 Å². The Morgan fingerprint density at radius 1 is 0.340 bits per heavy atom. The monoisotopic (exact) mass is 2490 g/mol. The van der Waals surface area contributed by atoms with E-state index in [2.05, 4.69) is 79.6 Å². The van der Waals surface area contributed by atoms with Gasteiger partial charge in [-0.05, 0) is 232 Å². The molecule has 44 heteroatoms. The summed E-state index contributed by atoms with van der Waals surface area (Å²) in [5.41, 5.74) is 3.67. The highest BCUT2D eigenvalue weighted by molar-refractivity contribution is 9.11. The molecule has 0 bridgehead atoms. The van der Waals surface area contributed by atoms with Crippen molar-refractivity contribution in [3.05, 3.63) is 357 Å². The van der Waals surface area contributed by atoms with Crippen molar-refractivity contribution in [3.8, 4) is 62.5 Å². The van der Waals surface area contributed by atoms with Crippen LogP contribution >= 0.6 is 184 Å². The maximum Gasteiger partial charge on any atom is 0.272 e. The zero-order valence-electron chi connectivity index (χ0n) is 72.3. The molecular weight excluding hydrogens is 2440 g/mol. The molecule has 0 saturated heterocycles. The lowest BCUT2D eigenvalue weighted by Gasteiger charge is -2.21. The van der Waals surface area contributed by atoms with Gasteiger partial charge in [-0.3, -0.25) is 4.79 Å². The van der Waals surface area contributed by atoms with Crippen molar-refractivity contribution in [2.24, 2.45) is 0 Å². The lowest BCUT2D eigenvalue weighted by Crippen LogP contribution is -2.25. The molecule has 19 rings (SSSR count). The summed E-state index contributed by atoms with van der Waals surface area (Å²) in [5.74, 6) is -3.80. The summed E-state index contributed by atoms with van der Waals surface area (Å²) in [7, 11) is -18.0. The number of carbonyl (C=O) groups excluding carboxylic acids is 1. The molecule has 141 heavy (non-hydrogen) atoms. The minimum atomic E-state index is -4.37. The lowest BCUT2D eigenvalue weighted by molar-refractivity contribution is 0.0733. The number of aromatic hydroxyl groups is 5. The number of phenols is 5. The second-order valence-corrected chi connectivity index (χ2v) is 49.3. The number of hydrogen-bond donors (Lipinski definition) is 6. The largest absolute Gasteiger partial charge is 0.505 e. The molecular formula is C97H66Br5Cl9F2N6O17S5. The van der Waals surface area contributed by atoms with Crippen LogP contribution in [0.15, 0.2) is 308 Å². The smallest absolute Gasteiger partial charge is 0.272 e. The van der Waals surface area contributed by atoms with Crippen molar-refractivity contribution in [2.75, 3.05) is 14.1 Å². The number of amides is 1. The van der Waals surface area contributed by atoms with E-state index < -0.39 is 96.1 Å². The fourth-order valence-corrected chi connectivity index (χ4v) is 29.7. The highest BCUT2D eigenvalue weighted by Gasteiger charge is 2.39. The van der Waals surface area contributed by atoms with Crippen LogP contribution in [0.1, 0.15) is 54.4 Å². The van der Waals surface area contributed by atoms with Crippen molar-refractivity contribution < 1.29 is 86.3 Å². The van der Waals surface area contributed by atoms with Crippen LogP contribution < -0.4 is 0 Å². The zero-order valence-corrected chi connectivity index (χ0v) is 91.1. The first kappa shape index (κ1) is 106. The summed E-state index contributed by atoms with van der Waals surface area (Å²) < 4.78 is 171. The molecule has 0 atom stereocenters. The van der Waals surface area contributed by atoms with Gasteiger partial charge in [0.1, 0.15) is 41.7 Å². The molecule has 1 saturated carbocycles. The predicted molar refractivity (Wildman–Crippen MR) is 568 cm³/mol. The molecule has 0 spiro atoms. The third-order valence-corrected chi connectivity index (χ3v) is 35.2. The van der Waals surface area contributed by atoms with E-state index in [1.54, 1.807) is 166 Å². The Kier molecular flexibility index (Phi) is 31.0. The third kappa shape index (κ3) is 21.4. The minimum Gasteiger partial charge on any atom is -0.505 e. The summed E-state index contributed by atoms with van der Waals surface area (Å²) in [6.45, 7) is 2.95. The van der Waals surface area contributed by atoms with Crippen LogP contribution in [0, 0.1) is 11.6 Å². The maximum absolute atomic E-state index is 13.9. The van der Waals surface area contributed by atoms with Crippen LogP contribution in [0.5, 0.6) is 28.7 Å². The van der Waals surface area contributed by atoms with Gasteiger partial charge in [-0.1, -0.05) is 245 Å². The van der Waals surface area contributed by atoms with E-state index >= 15 is 0 Å². The zero-order chi connectivity index (χ0) is 102. The van der Waals surface area contributed by atoms with E-state index in [-0.39, 0.29) is 84.0 Å². The number of aromatic nitrogens is 5. The molecule has 0 radical (unpaired) electrons. The fourth-order valence-electron chi connectivity index (χ4n) is 15.4. The van der Waals surface area contributed by atoms with Crippen molar-refractivity contribution in [3.63, 3.8) is 0 Å². The average molecular weight is 2500 g/mol. The van der Waals surface area contributed by atoms with Gasteiger partial charge in [-0.2, -0.15) is 0 Å². The number of aliphatic hydroxyl groups is 1. The van der Waals surface area contributed by atoms with Crippen molar-refractivity contribution >= 4 is 295 Å². The summed E-state index contributed by atoms with van der Waals surface area (Å²) in [6.07, 6.45) is 1.87. The van der Waals surface area contributed by atoms with Crippen LogP contribution in [-0.4, -0.2) is 117 Å². The maximum atomic E-state index is 13.9. The van der Waals surface area contributed by atoms with Gasteiger partial charge in [0, 0.05) is 112 Å². The molecule has 1 aliphatic carbocycles. The van der Waals surface area contributed by atoms with Crippen molar-refractivity contribution in [2.45, 2.75) is 62.7 Å². The van der Waals surface area contributed by atoms with Gasteiger partial charge in [0.25, 0.3) is 56.0 Å². The van der Waals surface area contributed by atoms with E-state index in [9.17, 15) is 86.3 Å². The topological polar surface area (TPSA) is 337 Å². The van der Waals surface area contributed by atoms with Crippen LogP contribution in [0.3, 0.4) is 0 Å². The Morgan fingerprint density at radius 3 is 1.03 bits per heavy atom. The molecule has 5 heterocycles. The summed E-state index contributed by atoms with van der Waals surface area (Å²) in [6, 6.07) is 66.0. The second kappa shape index (κ2) is 41.3. The lowest BCUT2D eigenvalue weighted by atomic mass is 10.0.